The Morgan fingerprint density at radius 3 is 2.95 bits per heavy atom. The third-order valence-corrected chi connectivity index (χ3v) is 3.69. The van der Waals surface area contributed by atoms with Crippen LogP contribution in [0, 0.1) is 17.1 Å². The predicted molar refractivity (Wildman–Crippen MR) is 71.4 cm³/mol. The van der Waals surface area contributed by atoms with Gasteiger partial charge in [0, 0.05) is 5.56 Å². The summed E-state index contributed by atoms with van der Waals surface area (Å²) in [5, 5.41) is 8.82. The highest BCUT2D eigenvalue weighted by Crippen LogP contribution is 2.15. The SMILES string of the molecule is N#Cc1ccc(F)c(Cn2cnc(Cl)c(Br)c2=O)c1. The highest BCUT2D eigenvalue weighted by molar-refractivity contribution is 9.10. The van der Waals surface area contributed by atoms with E-state index in [2.05, 4.69) is 20.9 Å². The Morgan fingerprint density at radius 1 is 1.53 bits per heavy atom. The zero-order valence-electron chi connectivity index (χ0n) is 9.40. The van der Waals surface area contributed by atoms with Crippen LogP contribution in [0.4, 0.5) is 4.39 Å². The molecule has 1 heterocycles. The van der Waals surface area contributed by atoms with Gasteiger partial charge in [0.1, 0.15) is 10.3 Å². The van der Waals surface area contributed by atoms with Crippen LogP contribution in [0.5, 0.6) is 0 Å². The smallest absolute Gasteiger partial charge is 0.269 e. The van der Waals surface area contributed by atoms with Gasteiger partial charge in [0.05, 0.1) is 24.5 Å². The van der Waals surface area contributed by atoms with E-state index >= 15 is 0 Å². The van der Waals surface area contributed by atoms with E-state index in [9.17, 15) is 9.18 Å². The maximum atomic E-state index is 13.6. The van der Waals surface area contributed by atoms with Crippen molar-refractivity contribution >= 4 is 27.5 Å². The summed E-state index contributed by atoms with van der Waals surface area (Å²) in [6.45, 7) is -0.0248. The van der Waals surface area contributed by atoms with E-state index in [0.29, 0.717) is 5.56 Å². The van der Waals surface area contributed by atoms with Crippen LogP contribution in [-0.4, -0.2) is 9.55 Å². The van der Waals surface area contributed by atoms with Crippen LogP contribution in [0.1, 0.15) is 11.1 Å². The van der Waals surface area contributed by atoms with Crippen LogP contribution in [0.2, 0.25) is 5.15 Å². The fourth-order valence-corrected chi connectivity index (χ4v) is 1.96. The van der Waals surface area contributed by atoms with Crippen molar-refractivity contribution in [3.05, 3.63) is 61.5 Å². The lowest BCUT2D eigenvalue weighted by molar-refractivity contribution is 0.593. The molecule has 0 aliphatic rings. The van der Waals surface area contributed by atoms with Crippen LogP contribution < -0.4 is 5.56 Å². The molecule has 0 unspecified atom stereocenters. The largest absolute Gasteiger partial charge is 0.294 e. The van der Waals surface area contributed by atoms with Crippen molar-refractivity contribution in [3.63, 3.8) is 0 Å². The van der Waals surface area contributed by atoms with Gasteiger partial charge in [-0.3, -0.25) is 9.36 Å². The summed E-state index contributed by atoms with van der Waals surface area (Å²) in [7, 11) is 0. The summed E-state index contributed by atoms with van der Waals surface area (Å²) in [5.41, 5.74) is 0.143. The molecule has 0 aliphatic heterocycles. The lowest BCUT2D eigenvalue weighted by atomic mass is 10.1. The number of hydrogen-bond acceptors (Lipinski definition) is 3. The first kappa shape index (κ1) is 13.7. The van der Waals surface area contributed by atoms with Crippen LogP contribution in [-0.2, 0) is 6.54 Å². The second kappa shape index (κ2) is 5.51. The molecule has 0 spiro atoms. The molecule has 0 saturated carbocycles. The standard InChI is InChI=1S/C12H6BrClFN3O/c13-10-11(14)17-6-18(12(10)19)5-8-3-7(4-16)1-2-9(8)15/h1-3,6H,5H2. The summed E-state index contributed by atoms with van der Waals surface area (Å²) in [5.74, 6) is -0.489. The van der Waals surface area contributed by atoms with Crippen molar-refractivity contribution in [2.45, 2.75) is 6.54 Å². The van der Waals surface area contributed by atoms with Crippen LogP contribution >= 0.6 is 27.5 Å². The highest BCUT2D eigenvalue weighted by Gasteiger charge is 2.10. The van der Waals surface area contributed by atoms with Crippen LogP contribution in [0.25, 0.3) is 0 Å². The maximum absolute atomic E-state index is 13.6. The number of hydrogen-bond donors (Lipinski definition) is 0. The first-order chi connectivity index (χ1) is 9.02. The minimum atomic E-state index is -0.489. The highest BCUT2D eigenvalue weighted by atomic mass is 79.9. The van der Waals surface area contributed by atoms with E-state index < -0.39 is 11.4 Å². The number of nitrogens with zero attached hydrogens (tertiary/aromatic N) is 3. The van der Waals surface area contributed by atoms with Crippen molar-refractivity contribution in [1.82, 2.24) is 9.55 Å². The summed E-state index contributed by atoms with van der Waals surface area (Å²) in [4.78, 5) is 15.7. The fraction of sp³-hybridized carbons (Fsp3) is 0.0833. The van der Waals surface area contributed by atoms with Gasteiger partial charge in [-0.05, 0) is 34.1 Å². The molecule has 19 heavy (non-hydrogen) atoms. The number of halogens is 3. The first-order valence-electron chi connectivity index (χ1n) is 5.12. The molecule has 0 saturated heterocycles. The molecule has 2 rings (SSSR count). The van der Waals surface area contributed by atoms with E-state index in [1.54, 1.807) is 0 Å². The van der Waals surface area contributed by atoms with Crippen molar-refractivity contribution in [2.75, 3.05) is 0 Å². The molecule has 96 valence electrons. The van der Waals surface area contributed by atoms with Crippen LogP contribution in [0.15, 0.2) is 33.8 Å². The molecular weight excluding hydrogens is 337 g/mol. The van der Waals surface area contributed by atoms with Crippen LogP contribution in [0.3, 0.4) is 0 Å². The average Bonchev–Trinajstić information content (AvgIpc) is 2.41. The van der Waals surface area contributed by atoms with Gasteiger partial charge in [-0.15, -0.1) is 0 Å². The van der Waals surface area contributed by atoms with Gasteiger partial charge in [0.2, 0.25) is 0 Å². The normalized spacial score (nSPS) is 10.2. The van der Waals surface area contributed by atoms with Crippen molar-refractivity contribution in [2.24, 2.45) is 0 Å². The van der Waals surface area contributed by atoms with Crippen molar-refractivity contribution in [3.8, 4) is 6.07 Å². The monoisotopic (exact) mass is 341 g/mol. The molecule has 0 amide bonds. The van der Waals surface area contributed by atoms with E-state index in [0.717, 1.165) is 0 Å². The van der Waals surface area contributed by atoms with Gasteiger partial charge < -0.3 is 0 Å². The topological polar surface area (TPSA) is 58.7 Å². The van der Waals surface area contributed by atoms with Crippen molar-refractivity contribution in [1.29, 1.82) is 5.26 Å². The van der Waals surface area contributed by atoms with Gasteiger partial charge in [-0.25, -0.2) is 9.37 Å². The molecule has 1 aromatic carbocycles. The predicted octanol–water partition coefficient (Wildman–Crippen LogP) is 2.72. The number of rotatable bonds is 2. The third kappa shape index (κ3) is 2.83. The summed E-state index contributed by atoms with van der Waals surface area (Å²) < 4.78 is 14.9. The molecule has 0 radical (unpaired) electrons. The lowest BCUT2D eigenvalue weighted by Crippen LogP contribution is -2.22. The summed E-state index contributed by atoms with van der Waals surface area (Å²) >= 11 is 8.70. The summed E-state index contributed by atoms with van der Waals surface area (Å²) in [6, 6.07) is 5.87. The Hall–Kier alpha value is -1.71. The fourth-order valence-electron chi connectivity index (χ4n) is 1.51. The molecule has 7 heteroatoms. The first-order valence-corrected chi connectivity index (χ1v) is 6.29. The average molecular weight is 343 g/mol. The molecule has 0 fully saturated rings. The van der Waals surface area contributed by atoms with E-state index in [1.165, 1.54) is 29.1 Å². The third-order valence-electron chi connectivity index (χ3n) is 2.46. The second-order valence-corrected chi connectivity index (χ2v) is 4.85. The Bertz CT molecular complexity index is 739. The molecule has 1 aromatic heterocycles. The number of nitriles is 1. The molecule has 0 aliphatic carbocycles. The molecule has 2 aromatic rings. The molecule has 4 nitrogen and oxygen atoms in total. The van der Waals surface area contributed by atoms with Gasteiger partial charge in [-0.2, -0.15) is 5.26 Å². The minimum Gasteiger partial charge on any atom is -0.294 e. The van der Waals surface area contributed by atoms with E-state index in [-0.39, 0.29) is 21.7 Å². The molecule has 0 bridgehead atoms. The van der Waals surface area contributed by atoms with Gasteiger partial charge in [0.25, 0.3) is 5.56 Å². The quantitative estimate of drug-likeness (QED) is 0.789. The lowest BCUT2D eigenvalue weighted by Gasteiger charge is -2.07. The van der Waals surface area contributed by atoms with Gasteiger partial charge >= 0.3 is 0 Å². The Labute approximate surface area is 121 Å². The number of aromatic nitrogens is 2. The summed E-state index contributed by atoms with van der Waals surface area (Å²) in [6.07, 6.45) is 1.23. The zero-order chi connectivity index (χ0) is 14.0. The van der Waals surface area contributed by atoms with E-state index in [1.807, 2.05) is 6.07 Å². The Balaban J connectivity index is 2.45. The van der Waals surface area contributed by atoms with E-state index in [4.69, 9.17) is 16.9 Å². The molecular formula is C12H6BrClFN3O. The zero-order valence-corrected chi connectivity index (χ0v) is 11.7. The second-order valence-electron chi connectivity index (χ2n) is 3.70. The van der Waals surface area contributed by atoms with Gasteiger partial charge in [0.15, 0.2) is 5.15 Å². The van der Waals surface area contributed by atoms with Gasteiger partial charge in [-0.1, -0.05) is 11.6 Å². The number of benzene rings is 1. The maximum Gasteiger partial charge on any atom is 0.269 e. The van der Waals surface area contributed by atoms with Crippen molar-refractivity contribution < 1.29 is 4.39 Å². The minimum absolute atomic E-state index is 0.0248. The molecule has 0 atom stereocenters. The Morgan fingerprint density at radius 2 is 2.26 bits per heavy atom. The Kier molecular flexibility index (Phi) is 3.98. The molecule has 0 N–H and O–H groups in total.